The van der Waals surface area contributed by atoms with Gasteiger partial charge in [-0.1, -0.05) is 0 Å². The van der Waals surface area contributed by atoms with Gasteiger partial charge in [0, 0.05) is 29.4 Å². The van der Waals surface area contributed by atoms with E-state index in [1.807, 2.05) is 25.4 Å². The Morgan fingerprint density at radius 1 is 1.60 bits per heavy atom. The maximum Gasteiger partial charge on any atom is 0.125 e. The predicted molar refractivity (Wildman–Crippen MR) is 63.9 cm³/mol. The summed E-state index contributed by atoms with van der Waals surface area (Å²) in [5.41, 5.74) is 8.02. The topological polar surface area (TPSA) is 54.7 Å². The summed E-state index contributed by atoms with van der Waals surface area (Å²) in [6.45, 7) is 2.03. The van der Waals surface area contributed by atoms with Gasteiger partial charge in [0.25, 0.3) is 0 Å². The van der Waals surface area contributed by atoms with Gasteiger partial charge in [-0.3, -0.25) is 0 Å². The average molecular weight is 221 g/mol. The van der Waals surface area contributed by atoms with E-state index in [9.17, 15) is 0 Å². The van der Waals surface area contributed by atoms with Crippen LogP contribution in [0.15, 0.2) is 23.8 Å². The lowest BCUT2D eigenvalue weighted by Gasteiger charge is -2.00. The third-order valence-corrected chi connectivity index (χ3v) is 3.19. The first-order chi connectivity index (χ1) is 7.25. The molecule has 0 aromatic carbocycles. The molecule has 80 valence electrons. The van der Waals surface area contributed by atoms with Crippen LogP contribution in [-0.2, 0) is 6.42 Å². The number of H-pyrrole nitrogens is 1. The lowest BCUT2D eigenvalue weighted by molar-refractivity contribution is 0.660. The molecule has 0 bridgehead atoms. The van der Waals surface area contributed by atoms with Crippen LogP contribution in [0.25, 0.3) is 10.6 Å². The highest BCUT2D eigenvalue weighted by Gasteiger charge is 2.05. The molecule has 2 aromatic heterocycles. The van der Waals surface area contributed by atoms with Gasteiger partial charge < -0.3 is 10.7 Å². The van der Waals surface area contributed by atoms with Gasteiger partial charge in [0.05, 0.1) is 5.69 Å². The molecule has 3 N–H and O–H groups in total. The van der Waals surface area contributed by atoms with E-state index in [-0.39, 0.29) is 6.04 Å². The van der Waals surface area contributed by atoms with E-state index in [1.165, 1.54) is 0 Å². The van der Waals surface area contributed by atoms with Gasteiger partial charge in [-0.25, -0.2) is 4.98 Å². The molecule has 0 aliphatic heterocycles. The van der Waals surface area contributed by atoms with Gasteiger partial charge in [-0.15, -0.1) is 11.3 Å². The molecule has 3 nitrogen and oxygen atoms in total. The van der Waals surface area contributed by atoms with Crippen LogP contribution in [0.2, 0.25) is 0 Å². The highest BCUT2D eigenvalue weighted by Crippen LogP contribution is 2.23. The molecule has 0 aliphatic rings. The predicted octanol–water partition coefficient (Wildman–Crippen LogP) is 2.42. The van der Waals surface area contributed by atoms with Crippen molar-refractivity contribution < 1.29 is 0 Å². The summed E-state index contributed by atoms with van der Waals surface area (Å²) in [7, 11) is 0. The smallest absolute Gasteiger partial charge is 0.125 e. The van der Waals surface area contributed by atoms with Crippen LogP contribution in [0.5, 0.6) is 0 Å². The number of hydrogen-bond donors (Lipinski definition) is 2. The van der Waals surface area contributed by atoms with Crippen molar-refractivity contribution in [1.29, 1.82) is 0 Å². The number of nitrogens with zero attached hydrogens (tertiary/aromatic N) is 1. The van der Waals surface area contributed by atoms with Crippen molar-refractivity contribution in [3.8, 4) is 10.6 Å². The first kappa shape index (κ1) is 10.4. The zero-order valence-electron chi connectivity index (χ0n) is 8.73. The van der Waals surface area contributed by atoms with E-state index >= 15 is 0 Å². The Balaban J connectivity index is 2.04. The molecule has 0 saturated heterocycles. The van der Waals surface area contributed by atoms with Crippen LogP contribution in [0.3, 0.4) is 0 Å². The highest BCUT2D eigenvalue weighted by atomic mass is 32.1. The standard InChI is InChI=1S/C11H15N3S/c1-8(12)2-3-10-7-15-11(14-10)9-4-5-13-6-9/h4-8,13H,2-3,12H2,1H3. The number of nitrogens with one attached hydrogen (secondary N) is 1. The highest BCUT2D eigenvalue weighted by molar-refractivity contribution is 7.13. The summed E-state index contributed by atoms with van der Waals surface area (Å²) in [6.07, 6.45) is 5.85. The minimum absolute atomic E-state index is 0.252. The second-order valence-electron chi connectivity index (χ2n) is 3.76. The minimum atomic E-state index is 0.252. The Labute approximate surface area is 93.4 Å². The Hall–Kier alpha value is -1.13. The zero-order valence-corrected chi connectivity index (χ0v) is 9.55. The molecule has 1 atom stereocenters. The Morgan fingerprint density at radius 3 is 3.13 bits per heavy atom. The number of aromatic nitrogens is 2. The van der Waals surface area contributed by atoms with Gasteiger partial charge in [0.2, 0.25) is 0 Å². The fourth-order valence-corrected chi connectivity index (χ4v) is 2.24. The molecule has 0 aliphatic carbocycles. The number of nitrogens with two attached hydrogens (primary N) is 1. The van der Waals surface area contributed by atoms with E-state index in [1.54, 1.807) is 11.3 Å². The maximum absolute atomic E-state index is 5.71. The van der Waals surface area contributed by atoms with Crippen molar-refractivity contribution in [3.05, 3.63) is 29.5 Å². The third kappa shape index (κ3) is 2.67. The molecule has 0 fully saturated rings. The quantitative estimate of drug-likeness (QED) is 0.833. The van der Waals surface area contributed by atoms with E-state index in [2.05, 4.69) is 15.3 Å². The van der Waals surface area contributed by atoms with E-state index in [4.69, 9.17) is 5.73 Å². The second kappa shape index (κ2) is 4.59. The lowest BCUT2D eigenvalue weighted by Crippen LogP contribution is -2.15. The summed E-state index contributed by atoms with van der Waals surface area (Å²) in [6, 6.07) is 2.29. The van der Waals surface area contributed by atoms with Gasteiger partial charge in [-0.2, -0.15) is 0 Å². The van der Waals surface area contributed by atoms with Crippen molar-refractivity contribution in [2.75, 3.05) is 0 Å². The largest absolute Gasteiger partial charge is 0.367 e. The van der Waals surface area contributed by atoms with E-state index in [0.29, 0.717) is 0 Å². The van der Waals surface area contributed by atoms with Gasteiger partial charge in [0.1, 0.15) is 5.01 Å². The summed E-state index contributed by atoms with van der Waals surface area (Å²) in [5.74, 6) is 0. The number of aryl methyl sites for hydroxylation is 1. The van der Waals surface area contributed by atoms with Crippen molar-refractivity contribution in [1.82, 2.24) is 9.97 Å². The molecule has 15 heavy (non-hydrogen) atoms. The lowest BCUT2D eigenvalue weighted by atomic mass is 10.2. The fraction of sp³-hybridized carbons (Fsp3) is 0.364. The van der Waals surface area contributed by atoms with Crippen molar-refractivity contribution in [2.24, 2.45) is 5.73 Å². The van der Waals surface area contributed by atoms with Gasteiger partial charge >= 0.3 is 0 Å². The first-order valence-electron chi connectivity index (χ1n) is 5.09. The molecule has 0 saturated carbocycles. The summed E-state index contributed by atoms with van der Waals surface area (Å²) in [4.78, 5) is 7.60. The van der Waals surface area contributed by atoms with Gasteiger partial charge in [-0.05, 0) is 25.8 Å². The molecule has 0 radical (unpaired) electrons. The minimum Gasteiger partial charge on any atom is -0.367 e. The van der Waals surface area contributed by atoms with Crippen LogP contribution in [0, 0.1) is 0 Å². The van der Waals surface area contributed by atoms with Gasteiger partial charge in [0.15, 0.2) is 0 Å². The Bertz CT molecular complexity index is 403. The molecular weight excluding hydrogens is 206 g/mol. The number of thiazole rings is 1. The van der Waals surface area contributed by atoms with Crippen molar-refractivity contribution in [3.63, 3.8) is 0 Å². The molecule has 0 spiro atoms. The zero-order chi connectivity index (χ0) is 10.7. The maximum atomic E-state index is 5.71. The summed E-state index contributed by atoms with van der Waals surface area (Å²) < 4.78 is 0. The summed E-state index contributed by atoms with van der Waals surface area (Å²) >= 11 is 1.69. The second-order valence-corrected chi connectivity index (χ2v) is 4.62. The van der Waals surface area contributed by atoms with Crippen LogP contribution in [0.1, 0.15) is 19.0 Å². The number of rotatable bonds is 4. The summed E-state index contributed by atoms with van der Waals surface area (Å²) in [5, 5.41) is 3.20. The molecule has 4 heteroatoms. The molecule has 2 aromatic rings. The Kier molecular flexibility index (Phi) is 3.18. The molecule has 2 heterocycles. The molecule has 0 amide bonds. The van der Waals surface area contributed by atoms with Crippen LogP contribution < -0.4 is 5.73 Å². The fourth-order valence-electron chi connectivity index (χ4n) is 1.39. The monoisotopic (exact) mass is 221 g/mol. The number of aromatic amines is 1. The SMILES string of the molecule is CC(N)CCc1csc(-c2cc[nH]c2)n1. The van der Waals surface area contributed by atoms with E-state index < -0.39 is 0 Å². The van der Waals surface area contributed by atoms with Crippen LogP contribution >= 0.6 is 11.3 Å². The molecule has 1 unspecified atom stereocenters. The number of hydrogen-bond acceptors (Lipinski definition) is 3. The average Bonchev–Trinajstić information content (AvgIpc) is 2.85. The van der Waals surface area contributed by atoms with Crippen molar-refractivity contribution in [2.45, 2.75) is 25.8 Å². The first-order valence-corrected chi connectivity index (χ1v) is 5.97. The van der Waals surface area contributed by atoms with Crippen LogP contribution in [0.4, 0.5) is 0 Å². The Morgan fingerprint density at radius 2 is 2.47 bits per heavy atom. The van der Waals surface area contributed by atoms with Crippen molar-refractivity contribution >= 4 is 11.3 Å². The van der Waals surface area contributed by atoms with E-state index in [0.717, 1.165) is 29.1 Å². The molecular formula is C11H15N3S. The normalized spacial score (nSPS) is 12.9. The van der Waals surface area contributed by atoms with Crippen LogP contribution in [-0.4, -0.2) is 16.0 Å². The molecule has 2 rings (SSSR count). The third-order valence-electron chi connectivity index (χ3n) is 2.25.